The molecule has 4 rings (SSSR count). The highest BCUT2D eigenvalue weighted by atomic mass is 19.4. The number of hydrogen-bond acceptors (Lipinski definition) is 2. The zero-order valence-electron chi connectivity index (χ0n) is 15.4. The first-order chi connectivity index (χ1) is 14.0. The lowest BCUT2D eigenvalue weighted by Gasteiger charge is -2.13. The van der Waals surface area contributed by atoms with Gasteiger partial charge in [-0.05, 0) is 16.7 Å². The Balaban J connectivity index is 1.81. The molecule has 2 atom stereocenters. The van der Waals surface area contributed by atoms with E-state index in [9.17, 15) is 18.0 Å². The van der Waals surface area contributed by atoms with Crippen LogP contribution in [0.1, 0.15) is 28.8 Å². The average Bonchev–Trinajstić information content (AvgIpc) is 3.48. The summed E-state index contributed by atoms with van der Waals surface area (Å²) in [6.07, 6.45) is -4.20. The van der Waals surface area contributed by atoms with Crippen LogP contribution < -0.4 is 0 Å². The molecule has 2 nitrogen and oxygen atoms in total. The number of nitrogens with zero attached hydrogens (tertiary/aromatic N) is 1. The Bertz CT molecular complexity index is 969. The fourth-order valence-corrected chi connectivity index (χ4v) is 3.64. The Hall–Kier alpha value is -3.34. The lowest BCUT2D eigenvalue weighted by Crippen LogP contribution is -2.21. The van der Waals surface area contributed by atoms with E-state index in [-0.39, 0.29) is 17.8 Å². The van der Waals surface area contributed by atoms with Gasteiger partial charge in [0.15, 0.2) is 0 Å². The number of benzene rings is 3. The van der Waals surface area contributed by atoms with Gasteiger partial charge in [0.25, 0.3) is 5.78 Å². The SMILES string of the molecule is O=C(/C=C(\c1ccccc1)N1[C@H](c2ccccc2)[C@@H]1c1ccccc1)C(F)(F)F. The second kappa shape index (κ2) is 7.59. The van der Waals surface area contributed by atoms with E-state index in [1.807, 2.05) is 65.6 Å². The molecule has 5 heteroatoms. The molecule has 0 radical (unpaired) electrons. The van der Waals surface area contributed by atoms with Crippen LogP contribution in [-0.2, 0) is 4.79 Å². The van der Waals surface area contributed by atoms with E-state index in [2.05, 4.69) is 0 Å². The summed E-state index contributed by atoms with van der Waals surface area (Å²) in [6, 6.07) is 27.7. The van der Waals surface area contributed by atoms with Crippen LogP contribution in [0.2, 0.25) is 0 Å². The Kier molecular flexibility index (Phi) is 4.97. The smallest absolute Gasteiger partial charge is 0.352 e. The fourth-order valence-electron chi connectivity index (χ4n) is 3.64. The summed E-state index contributed by atoms with van der Waals surface area (Å²) < 4.78 is 39.1. The largest absolute Gasteiger partial charge is 0.454 e. The van der Waals surface area contributed by atoms with E-state index in [1.54, 1.807) is 30.3 Å². The van der Waals surface area contributed by atoms with Crippen molar-refractivity contribution in [2.75, 3.05) is 0 Å². The molecule has 0 aromatic heterocycles. The van der Waals surface area contributed by atoms with Crippen molar-refractivity contribution in [1.29, 1.82) is 0 Å². The van der Waals surface area contributed by atoms with Crippen LogP contribution >= 0.6 is 0 Å². The Morgan fingerprint density at radius 1 is 0.724 bits per heavy atom. The summed E-state index contributed by atoms with van der Waals surface area (Å²) in [7, 11) is 0. The van der Waals surface area contributed by atoms with Crippen LogP contribution in [0.3, 0.4) is 0 Å². The lowest BCUT2D eigenvalue weighted by atomic mass is 10.0. The molecule has 0 aliphatic carbocycles. The summed E-state index contributed by atoms with van der Waals surface area (Å²) in [5.41, 5.74) is 2.82. The number of hydrogen-bond donors (Lipinski definition) is 0. The van der Waals surface area contributed by atoms with Gasteiger partial charge < -0.3 is 4.90 Å². The number of allylic oxidation sites excluding steroid dienone is 1. The molecule has 0 N–H and O–H groups in total. The predicted octanol–water partition coefficient (Wildman–Crippen LogP) is 5.96. The molecule has 3 aromatic carbocycles. The van der Waals surface area contributed by atoms with Gasteiger partial charge in [-0.25, -0.2) is 0 Å². The maximum Gasteiger partial charge on any atom is 0.454 e. The number of ketones is 1. The molecule has 0 amide bonds. The van der Waals surface area contributed by atoms with Gasteiger partial charge in [-0.1, -0.05) is 91.0 Å². The molecule has 1 heterocycles. The molecule has 1 aliphatic rings. The molecule has 146 valence electrons. The van der Waals surface area contributed by atoms with Crippen molar-refractivity contribution in [2.24, 2.45) is 0 Å². The van der Waals surface area contributed by atoms with E-state index in [1.165, 1.54) is 0 Å². The zero-order chi connectivity index (χ0) is 20.4. The molecule has 29 heavy (non-hydrogen) atoms. The minimum atomic E-state index is -4.92. The third-order valence-electron chi connectivity index (χ3n) is 4.99. The van der Waals surface area contributed by atoms with E-state index in [0.29, 0.717) is 11.6 Å². The Labute approximate surface area is 166 Å². The maximum atomic E-state index is 13.0. The molecular formula is C24H18F3NO. The first kappa shape index (κ1) is 19.0. The first-order valence-electron chi connectivity index (χ1n) is 9.23. The van der Waals surface area contributed by atoms with Crippen molar-refractivity contribution in [3.8, 4) is 0 Å². The molecule has 0 unspecified atom stereocenters. The van der Waals surface area contributed by atoms with Gasteiger partial charge in [-0.15, -0.1) is 0 Å². The minimum absolute atomic E-state index is 0.147. The van der Waals surface area contributed by atoms with E-state index >= 15 is 0 Å². The normalized spacial score (nSPS) is 19.1. The van der Waals surface area contributed by atoms with E-state index in [4.69, 9.17) is 0 Å². The Morgan fingerprint density at radius 2 is 1.14 bits per heavy atom. The number of halogens is 3. The summed E-state index contributed by atoms with van der Waals surface area (Å²) >= 11 is 0. The van der Waals surface area contributed by atoms with Crippen molar-refractivity contribution in [1.82, 2.24) is 4.90 Å². The van der Waals surface area contributed by atoms with Gasteiger partial charge in [0.1, 0.15) is 0 Å². The highest BCUT2D eigenvalue weighted by Crippen LogP contribution is 2.59. The molecule has 0 bridgehead atoms. The fraction of sp³-hybridized carbons (Fsp3) is 0.125. The monoisotopic (exact) mass is 393 g/mol. The molecule has 0 saturated carbocycles. The van der Waals surface area contributed by atoms with Gasteiger partial charge in [0, 0.05) is 11.8 Å². The van der Waals surface area contributed by atoms with Crippen molar-refractivity contribution in [2.45, 2.75) is 18.3 Å². The average molecular weight is 393 g/mol. The van der Waals surface area contributed by atoms with Gasteiger partial charge in [0.05, 0.1) is 12.1 Å². The van der Waals surface area contributed by atoms with Crippen molar-refractivity contribution in [3.63, 3.8) is 0 Å². The molecule has 1 fully saturated rings. The van der Waals surface area contributed by atoms with E-state index in [0.717, 1.165) is 11.1 Å². The molecule has 0 spiro atoms. The summed E-state index contributed by atoms with van der Waals surface area (Å²) in [6.45, 7) is 0. The van der Waals surface area contributed by atoms with Crippen molar-refractivity contribution in [3.05, 3.63) is 114 Å². The van der Waals surface area contributed by atoms with Crippen molar-refractivity contribution >= 4 is 11.5 Å². The second-order valence-corrected chi connectivity index (χ2v) is 6.88. The van der Waals surface area contributed by atoms with Crippen LogP contribution in [-0.4, -0.2) is 16.9 Å². The Morgan fingerprint density at radius 3 is 1.55 bits per heavy atom. The van der Waals surface area contributed by atoms with Crippen LogP contribution in [0, 0.1) is 0 Å². The molecular weight excluding hydrogens is 375 g/mol. The number of alkyl halides is 3. The third kappa shape index (κ3) is 3.94. The maximum absolute atomic E-state index is 13.0. The number of rotatable bonds is 5. The second-order valence-electron chi connectivity index (χ2n) is 6.88. The summed E-state index contributed by atoms with van der Waals surface area (Å²) in [5.74, 6) is -1.86. The molecule has 3 aromatic rings. The highest BCUT2D eigenvalue weighted by Gasteiger charge is 2.51. The molecule has 1 saturated heterocycles. The van der Waals surface area contributed by atoms with Crippen LogP contribution in [0.5, 0.6) is 0 Å². The quantitative estimate of drug-likeness (QED) is 0.394. The highest BCUT2D eigenvalue weighted by molar-refractivity contribution is 6.00. The zero-order valence-corrected chi connectivity index (χ0v) is 15.4. The number of carbonyl (C=O) groups is 1. The summed E-state index contributed by atoms with van der Waals surface area (Å²) in [5, 5.41) is 0. The topological polar surface area (TPSA) is 20.1 Å². The van der Waals surface area contributed by atoms with E-state index < -0.39 is 12.0 Å². The third-order valence-corrected chi connectivity index (χ3v) is 4.99. The van der Waals surface area contributed by atoms with Gasteiger partial charge in [-0.2, -0.15) is 13.2 Å². The van der Waals surface area contributed by atoms with Gasteiger partial charge >= 0.3 is 6.18 Å². The molecule has 1 aliphatic heterocycles. The van der Waals surface area contributed by atoms with Gasteiger partial charge in [0.2, 0.25) is 0 Å². The standard InChI is InChI=1S/C24H18F3NO/c25-24(26,27)21(29)16-20(17-10-4-1-5-11-17)28-22(18-12-6-2-7-13-18)23(28)19-14-8-3-9-15-19/h1-16,22-23H/b20-16+/t22-,23+,28?. The van der Waals surface area contributed by atoms with Crippen LogP contribution in [0.15, 0.2) is 97.1 Å². The lowest BCUT2D eigenvalue weighted by molar-refractivity contribution is -0.165. The van der Waals surface area contributed by atoms with Crippen molar-refractivity contribution < 1.29 is 18.0 Å². The number of carbonyl (C=O) groups excluding carboxylic acids is 1. The van der Waals surface area contributed by atoms with Crippen LogP contribution in [0.25, 0.3) is 5.70 Å². The minimum Gasteiger partial charge on any atom is -0.352 e. The predicted molar refractivity (Wildman–Crippen MR) is 106 cm³/mol. The first-order valence-corrected chi connectivity index (χ1v) is 9.23. The van der Waals surface area contributed by atoms with Crippen LogP contribution in [0.4, 0.5) is 13.2 Å². The summed E-state index contributed by atoms with van der Waals surface area (Å²) in [4.78, 5) is 13.7. The van der Waals surface area contributed by atoms with Gasteiger partial charge in [-0.3, -0.25) is 4.79 Å².